The number of ether oxygens (including phenoxy) is 2. The van der Waals surface area contributed by atoms with Crippen LogP contribution in [0.4, 0.5) is 0 Å². The monoisotopic (exact) mass is 355 g/mol. The molecule has 1 saturated carbocycles. The first-order valence-electron chi connectivity index (χ1n) is 7.97. The van der Waals surface area contributed by atoms with Crippen molar-refractivity contribution in [2.75, 3.05) is 13.2 Å². The Bertz CT molecular complexity index is 460. The number of rotatable bonds is 9. The Morgan fingerprint density at radius 2 is 2.05 bits per heavy atom. The summed E-state index contributed by atoms with van der Waals surface area (Å²) in [5.41, 5.74) is 7.24. The minimum Gasteiger partial charge on any atom is -0.490 e. The molecule has 4 heteroatoms. The van der Waals surface area contributed by atoms with Crippen molar-refractivity contribution in [3.63, 3.8) is 0 Å². The molecule has 0 radical (unpaired) electrons. The maximum atomic E-state index is 6.05. The summed E-state index contributed by atoms with van der Waals surface area (Å²) in [6.07, 6.45) is 5.69. The van der Waals surface area contributed by atoms with E-state index in [-0.39, 0.29) is 6.04 Å². The summed E-state index contributed by atoms with van der Waals surface area (Å²) in [5.74, 6) is 2.52. The molecule has 1 unspecified atom stereocenters. The van der Waals surface area contributed by atoms with Crippen LogP contribution in [0.5, 0.6) is 11.5 Å². The van der Waals surface area contributed by atoms with Crippen molar-refractivity contribution in [2.45, 2.75) is 52.0 Å². The van der Waals surface area contributed by atoms with E-state index in [0.29, 0.717) is 6.61 Å². The van der Waals surface area contributed by atoms with E-state index in [1.165, 1.54) is 18.4 Å². The maximum absolute atomic E-state index is 6.05. The van der Waals surface area contributed by atoms with Gasteiger partial charge in [-0.05, 0) is 65.7 Å². The van der Waals surface area contributed by atoms with Crippen molar-refractivity contribution < 1.29 is 9.47 Å². The van der Waals surface area contributed by atoms with E-state index >= 15 is 0 Å². The fourth-order valence-corrected chi connectivity index (χ4v) is 2.93. The Balaban J connectivity index is 2.08. The van der Waals surface area contributed by atoms with E-state index in [2.05, 4.69) is 35.0 Å². The minimum atomic E-state index is 0.188. The lowest BCUT2D eigenvalue weighted by molar-refractivity contribution is 0.267. The predicted octanol–water partition coefficient (Wildman–Crippen LogP) is 4.31. The third-order valence-corrected chi connectivity index (χ3v) is 4.45. The van der Waals surface area contributed by atoms with Gasteiger partial charge in [0.2, 0.25) is 0 Å². The Hall–Kier alpha value is -0.740. The van der Waals surface area contributed by atoms with Crippen LogP contribution in [0.15, 0.2) is 16.6 Å². The van der Waals surface area contributed by atoms with Crippen molar-refractivity contribution in [1.29, 1.82) is 0 Å². The normalized spacial score (nSPS) is 15.8. The van der Waals surface area contributed by atoms with Crippen LogP contribution in [-0.4, -0.2) is 19.3 Å². The van der Waals surface area contributed by atoms with Gasteiger partial charge in [-0.15, -0.1) is 0 Å². The molecule has 118 valence electrons. The van der Waals surface area contributed by atoms with Crippen LogP contribution in [0.25, 0.3) is 0 Å². The van der Waals surface area contributed by atoms with Gasteiger partial charge in [-0.25, -0.2) is 0 Å². The Kier molecular flexibility index (Phi) is 6.37. The maximum Gasteiger partial charge on any atom is 0.175 e. The largest absolute Gasteiger partial charge is 0.490 e. The lowest BCUT2D eigenvalue weighted by Gasteiger charge is -2.16. The molecule has 2 N–H and O–H groups in total. The average molecular weight is 356 g/mol. The lowest BCUT2D eigenvalue weighted by atomic mass is 10.0. The molecule has 1 atom stereocenters. The van der Waals surface area contributed by atoms with Crippen LogP contribution in [0.2, 0.25) is 0 Å². The van der Waals surface area contributed by atoms with Gasteiger partial charge in [0.1, 0.15) is 0 Å². The third kappa shape index (κ3) is 5.19. The molecule has 0 bridgehead atoms. The summed E-state index contributed by atoms with van der Waals surface area (Å²) in [5, 5.41) is 0. The summed E-state index contributed by atoms with van der Waals surface area (Å²) in [7, 11) is 0. The van der Waals surface area contributed by atoms with Gasteiger partial charge in [-0.3, -0.25) is 0 Å². The molecule has 1 aliphatic rings. The first-order valence-corrected chi connectivity index (χ1v) is 8.76. The molecular weight excluding hydrogens is 330 g/mol. The number of nitrogens with two attached hydrogens (primary N) is 1. The van der Waals surface area contributed by atoms with Gasteiger partial charge in [0.25, 0.3) is 0 Å². The van der Waals surface area contributed by atoms with Crippen molar-refractivity contribution in [2.24, 2.45) is 11.7 Å². The Morgan fingerprint density at radius 3 is 2.67 bits per heavy atom. The average Bonchev–Trinajstić information content (AvgIpc) is 3.26. The number of hydrogen-bond donors (Lipinski definition) is 1. The summed E-state index contributed by atoms with van der Waals surface area (Å²) >= 11 is 3.62. The second-order valence-electron chi connectivity index (χ2n) is 5.79. The Morgan fingerprint density at radius 1 is 1.29 bits per heavy atom. The molecule has 3 nitrogen and oxygen atoms in total. The van der Waals surface area contributed by atoms with Crippen LogP contribution in [0.3, 0.4) is 0 Å². The van der Waals surface area contributed by atoms with Crippen LogP contribution < -0.4 is 15.2 Å². The van der Waals surface area contributed by atoms with Crippen LogP contribution >= 0.6 is 15.9 Å². The second-order valence-corrected chi connectivity index (χ2v) is 6.65. The third-order valence-electron chi connectivity index (χ3n) is 3.86. The van der Waals surface area contributed by atoms with Gasteiger partial charge >= 0.3 is 0 Å². The second kappa shape index (κ2) is 8.04. The molecule has 0 spiro atoms. The molecule has 0 aromatic heterocycles. The number of hydrogen-bond acceptors (Lipinski definition) is 3. The topological polar surface area (TPSA) is 44.5 Å². The highest BCUT2D eigenvalue weighted by atomic mass is 79.9. The molecule has 0 heterocycles. The predicted molar refractivity (Wildman–Crippen MR) is 90.1 cm³/mol. The van der Waals surface area contributed by atoms with E-state index in [9.17, 15) is 0 Å². The van der Waals surface area contributed by atoms with Gasteiger partial charge in [0.05, 0.1) is 17.7 Å². The summed E-state index contributed by atoms with van der Waals surface area (Å²) in [6, 6.07) is 4.36. The van der Waals surface area contributed by atoms with Crippen molar-refractivity contribution in [3.8, 4) is 11.5 Å². The molecule has 1 aromatic rings. The highest BCUT2D eigenvalue weighted by molar-refractivity contribution is 9.10. The van der Waals surface area contributed by atoms with E-state index in [1.54, 1.807) is 0 Å². The molecule has 2 rings (SSSR count). The van der Waals surface area contributed by atoms with Gasteiger partial charge in [0.15, 0.2) is 11.5 Å². The van der Waals surface area contributed by atoms with E-state index < -0.39 is 0 Å². The highest BCUT2D eigenvalue weighted by Gasteiger charge is 2.21. The Labute approximate surface area is 136 Å². The van der Waals surface area contributed by atoms with Crippen molar-refractivity contribution in [1.82, 2.24) is 0 Å². The summed E-state index contributed by atoms with van der Waals surface area (Å²) in [4.78, 5) is 0. The van der Waals surface area contributed by atoms with Gasteiger partial charge in [-0.2, -0.15) is 0 Å². The molecule has 0 amide bonds. The fourth-order valence-electron chi connectivity index (χ4n) is 2.32. The van der Waals surface area contributed by atoms with Crippen LogP contribution in [0, 0.1) is 5.92 Å². The molecular formula is C17H26BrNO2. The molecule has 1 aliphatic carbocycles. The van der Waals surface area contributed by atoms with Crippen molar-refractivity contribution >= 4 is 15.9 Å². The van der Waals surface area contributed by atoms with Gasteiger partial charge in [0, 0.05) is 6.04 Å². The number of benzene rings is 1. The van der Waals surface area contributed by atoms with E-state index in [4.69, 9.17) is 15.2 Å². The minimum absolute atomic E-state index is 0.188. The molecule has 0 aliphatic heterocycles. The fraction of sp³-hybridized carbons (Fsp3) is 0.647. The lowest BCUT2D eigenvalue weighted by Crippen LogP contribution is -2.21. The zero-order valence-electron chi connectivity index (χ0n) is 13.0. The zero-order valence-corrected chi connectivity index (χ0v) is 14.6. The first-order chi connectivity index (χ1) is 10.1. The molecule has 1 fully saturated rings. The van der Waals surface area contributed by atoms with Crippen molar-refractivity contribution in [3.05, 3.63) is 22.2 Å². The first kappa shape index (κ1) is 16.6. The number of halogens is 1. The molecule has 0 saturated heterocycles. The van der Waals surface area contributed by atoms with Crippen LogP contribution in [-0.2, 0) is 6.42 Å². The van der Waals surface area contributed by atoms with Gasteiger partial charge in [-0.1, -0.05) is 19.8 Å². The molecule has 1 aromatic carbocycles. The SMILES string of the molecule is CCOc1cc(CC(N)CC)cc(Br)c1OCCC1CC1. The zero-order chi connectivity index (χ0) is 15.2. The standard InChI is InChI=1S/C17H26BrNO2/c1-3-14(19)9-13-10-15(18)17(16(11-13)20-4-2)21-8-7-12-5-6-12/h10-12,14H,3-9,19H2,1-2H3. The quantitative estimate of drug-likeness (QED) is 0.717. The van der Waals surface area contributed by atoms with E-state index in [0.717, 1.165) is 47.8 Å². The van der Waals surface area contributed by atoms with Gasteiger partial charge < -0.3 is 15.2 Å². The summed E-state index contributed by atoms with van der Waals surface area (Å²) in [6.45, 7) is 5.50. The summed E-state index contributed by atoms with van der Waals surface area (Å²) < 4.78 is 12.7. The smallest absolute Gasteiger partial charge is 0.175 e. The molecule has 21 heavy (non-hydrogen) atoms. The highest BCUT2D eigenvalue weighted by Crippen LogP contribution is 2.38. The van der Waals surface area contributed by atoms with E-state index in [1.807, 2.05) is 6.92 Å². The van der Waals surface area contributed by atoms with Crippen LogP contribution in [0.1, 0.15) is 45.1 Å².